The Hall–Kier alpha value is -2.36. The van der Waals surface area contributed by atoms with Crippen molar-refractivity contribution in [3.05, 3.63) is 48.2 Å². The van der Waals surface area contributed by atoms with Gasteiger partial charge >= 0.3 is 0 Å². The van der Waals surface area contributed by atoms with Crippen molar-refractivity contribution in [2.24, 2.45) is 0 Å². The fourth-order valence-electron chi connectivity index (χ4n) is 2.12. The number of fused-ring (bicyclic) bond motifs is 1. The van der Waals surface area contributed by atoms with Crippen molar-refractivity contribution < 1.29 is 0 Å². The zero-order valence-electron chi connectivity index (χ0n) is 10.4. The summed E-state index contributed by atoms with van der Waals surface area (Å²) < 4.78 is 2.01. The van der Waals surface area contributed by atoms with Crippen LogP contribution in [-0.2, 0) is 0 Å². The highest BCUT2D eigenvalue weighted by Crippen LogP contribution is 2.27. The zero-order chi connectivity index (χ0) is 12.7. The molecule has 0 spiro atoms. The highest BCUT2D eigenvalue weighted by Gasteiger charge is 2.10. The van der Waals surface area contributed by atoms with Crippen molar-refractivity contribution in [2.45, 2.75) is 13.8 Å². The first-order valence-electron chi connectivity index (χ1n) is 5.82. The fourth-order valence-corrected chi connectivity index (χ4v) is 2.12. The Morgan fingerprint density at radius 1 is 1.11 bits per heavy atom. The first-order valence-corrected chi connectivity index (χ1v) is 5.82. The average Bonchev–Trinajstić information content (AvgIpc) is 2.71. The molecule has 2 aromatic heterocycles. The summed E-state index contributed by atoms with van der Waals surface area (Å²) in [6, 6.07) is 7.85. The predicted molar refractivity (Wildman–Crippen MR) is 72.8 cm³/mol. The summed E-state index contributed by atoms with van der Waals surface area (Å²) in [4.78, 5) is 8.61. The average molecular weight is 238 g/mol. The molecule has 4 heteroatoms. The van der Waals surface area contributed by atoms with E-state index in [1.807, 2.05) is 42.7 Å². The van der Waals surface area contributed by atoms with E-state index >= 15 is 0 Å². The minimum Gasteiger partial charge on any atom is -0.396 e. The first-order chi connectivity index (χ1) is 8.68. The second-order valence-corrected chi connectivity index (χ2v) is 4.35. The number of nitrogens with two attached hydrogens (primary N) is 1. The molecule has 90 valence electrons. The molecule has 0 radical (unpaired) electrons. The Morgan fingerprint density at radius 3 is 2.67 bits per heavy atom. The van der Waals surface area contributed by atoms with E-state index in [9.17, 15) is 0 Å². The molecule has 4 nitrogen and oxygen atoms in total. The number of anilines is 1. The van der Waals surface area contributed by atoms with Gasteiger partial charge in [-0.1, -0.05) is 0 Å². The predicted octanol–water partition coefficient (Wildman–Crippen LogP) is 2.62. The van der Waals surface area contributed by atoms with Gasteiger partial charge in [-0.15, -0.1) is 0 Å². The number of aryl methyl sites for hydroxylation is 1. The van der Waals surface area contributed by atoms with Gasteiger partial charge in [0.1, 0.15) is 0 Å². The third kappa shape index (κ3) is 1.46. The molecule has 0 aliphatic rings. The highest BCUT2D eigenvalue weighted by molar-refractivity contribution is 5.94. The lowest BCUT2D eigenvalue weighted by Crippen LogP contribution is -2.01. The number of nitrogen functional groups attached to an aromatic ring is 1. The van der Waals surface area contributed by atoms with Crippen LogP contribution in [0.1, 0.15) is 11.4 Å². The van der Waals surface area contributed by atoms with Crippen molar-refractivity contribution in [1.29, 1.82) is 0 Å². The molecule has 1 aromatic carbocycles. The summed E-state index contributed by atoms with van der Waals surface area (Å²) in [6.45, 7) is 4.03. The van der Waals surface area contributed by atoms with Gasteiger partial charge in [-0.05, 0) is 38.1 Å². The standard InChI is InChI=1S/C14H14N4/c1-9-10(2)18(8-17-9)13-6-5-12-11(14(13)15)4-3-7-16-12/h3-8H,15H2,1-2H3. The van der Waals surface area contributed by atoms with Gasteiger partial charge in [-0.3, -0.25) is 4.98 Å². The van der Waals surface area contributed by atoms with Crippen molar-refractivity contribution in [3.63, 3.8) is 0 Å². The van der Waals surface area contributed by atoms with Gasteiger partial charge in [-0.25, -0.2) is 4.98 Å². The normalized spacial score (nSPS) is 11.0. The topological polar surface area (TPSA) is 56.7 Å². The second kappa shape index (κ2) is 3.84. The largest absolute Gasteiger partial charge is 0.396 e. The number of hydrogen-bond donors (Lipinski definition) is 1. The Bertz CT molecular complexity index is 728. The first kappa shape index (κ1) is 10.8. The van der Waals surface area contributed by atoms with Crippen LogP contribution in [0.4, 0.5) is 5.69 Å². The molecule has 0 aliphatic heterocycles. The van der Waals surface area contributed by atoms with Crippen molar-refractivity contribution in [3.8, 4) is 5.69 Å². The van der Waals surface area contributed by atoms with Gasteiger partial charge in [0.15, 0.2) is 0 Å². The lowest BCUT2D eigenvalue weighted by Gasteiger charge is -2.11. The number of rotatable bonds is 1. The number of hydrogen-bond acceptors (Lipinski definition) is 3. The Morgan fingerprint density at radius 2 is 1.94 bits per heavy atom. The Balaban J connectivity index is 2.31. The molecule has 0 bridgehead atoms. The monoisotopic (exact) mass is 238 g/mol. The van der Waals surface area contributed by atoms with E-state index in [2.05, 4.69) is 9.97 Å². The van der Waals surface area contributed by atoms with Crippen LogP contribution in [0.2, 0.25) is 0 Å². The molecule has 3 rings (SSSR count). The van der Waals surface area contributed by atoms with E-state index in [0.29, 0.717) is 0 Å². The van der Waals surface area contributed by atoms with Crippen LogP contribution >= 0.6 is 0 Å². The van der Waals surface area contributed by atoms with Crippen LogP contribution in [0, 0.1) is 13.8 Å². The molecule has 2 heterocycles. The lowest BCUT2D eigenvalue weighted by atomic mass is 10.1. The molecule has 18 heavy (non-hydrogen) atoms. The van der Waals surface area contributed by atoms with Gasteiger partial charge in [0.25, 0.3) is 0 Å². The molecule has 2 N–H and O–H groups in total. The molecule has 0 fully saturated rings. The van der Waals surface area contributed by atoms with E-state index in [4.69, 9.17) is 5.73 Å². The van der Waals surface area contributed by atoms with Gasteiger partial charge in [0.2, 0.25) is 0 Å². The maximum absolute atomic E-state index is 6.24. The van der Waals surface area contributed by atoms with Gasteiger partial charge < -0.3 is 10.3 Å². The third-order valence-electron chi connectivity index (χ3n) is 3.32. The number of aromatic nitrogens is 3. The third-order valence-corrected chi connectivity index (χ3v) is 3.32. The number of pyridine rings is 1. The summed E-state index contributed by atoms with van der Waals surface area (Å²) in [6.07, 6.45) is 3.58. The van der Waals surface area contributed by atoms with Gasteiger partial charge in [0, 0.05) is 17.3 Å². The summed E-state index contributed by atoms with van der Waals surface area (Å²) in [5, 5.41) is 0.973. The SMILES string of the molecule is Cc1ncn(-c2ccc3ncccc3c2N)c1C. The van der Waals surface area contributed by atoms with Crippen molar-refractivity contribution >= 4 is 16.6 Å². The summed E-state index contributed by atoms with van der Waals surface area (Å²) in [7, 11) is 0. The van der Waals surface area contributed by atoms with Crippen molar-refractivity contribution in [2.75, 3.05) is 5.73 Å². The minimum atomic E-state index is 0.737. The van der Waals surface area contributed by atoms with E-state index < -0.39 is 0 Å². The number of imidazole rings is 1. The number of nitrogens with zero attached hydrogens (tertiary/aromatic N) is 3. The van der Waals surface area contributed by atoms with Crippen LogP contribution < -0.4 is 5.73 Å². The van der Waals surface area contributed by atoms with Crippen LogP contribution in [-0.4, -0.2) is 14.5 Å². The molecule has 0 saturated heterocycles. The van der Waals surface area contributed by atoms with E-state index in [1.165, 1.54) is 0 Å². The van der Waals surface area contributed by atoms with Gasteiger partial charge in [0.05, 0.1) is 28.9 Å². The van der Waals surface area contributed by atoms with Crippen LogP contribution in [0.25, 0.3) is 16.6 Å². The molecule has 0 amide bonds. The smallest absolute Gasteiger partial charge is 0.0998 e. The molecular formula is C14H14N4. The maximum Gasteiger partial charge on any atom is 0.0998 e. The maximum atomic E-state index is 6.24. The number of benzene rings is 1. The molecule has 0 atom stereocenters. The van der Waals surface area contributed by atoms with E-state index in [1.54, 1.807) is 12.5 Å². The van der Waals surface area contributed by atoms with Crippen molar-refractivity contribution in [1.82, 2.24) is 14.5 Å². The summed E-state index contributed by atoms with van der Waals surface area (Å²) >= 11 is 0. The lowest BCUT2D eigenvalue weighted by molar-refractivity contribution is 1.01. The summed E-state index contributed by atoms with van der Waals surface area (Å²) in [5.41, 5.74) is 11.0. The quantitative estimate of drug-likeness (QED) is 0.663. The summed E-state index contributed by atoms with van der Waals surface area (Å²) in [5.74, 6) is 0. The molecular weight excluding hydrogens is 224 g/mol. The van der Waals surface area contributed by atoms with Crippen LogP contribution in [0.5, 0.6) is 0 Å². The zero-order valence-corrected chi connectivity index (χ0v) is 10.4. The Kier molecular flexibility index (Phi) is 2.30. The molecule has 0 aliphatic carbocycles. The van der Waals surface area contributed by atoms with E-state index in [-0.39, 0.29) is 0 Å². The molecule has 3 aromatic rings. The minimum absolute atomic E-state index is 0.737. The van der Waals surface area contributed by atoms with Gasteiger partial charge in [-0.2, -0.15) is 0 Å². The van der Waals surface area contributed by atoms with Crippen LogP contribution in [0.3, 0.4) is 0 Å². The Labute approximate surface area is 105 Å². The highest BCUT2D eigenvalue weighted by atomic mass is 15.1. The fraction of sp³-hybridized carbons (Fsp3) is 0.143. The molecule has 0 saturated carbocycles. The second-order valence-electron chi connectivity index (χ2n) is 4.35. The molecule has 0 unspecified atom stereocenters. The van der Waals surface area contributed by atoms with E-state index in [0.717, 1.165) is 33.7 Å². The van der Waals surface area contributed by atoms with Crippen LogP contribution in [0.15, 0.2) is 36.8 Å².